The van der Waals surface area contributed by atoms with Crippen LogP contribution in [-0.4, -0.2) is 19.8 Å². The van der Waals surface area contributed by atoms with E-state index in [9.17, 15) is 9.18 Å². The van der Waals surface area contributed by atoms with Crippen LogP contribution in [-0.2, 0) is 4.74 Å². The number of carbonyl (C=O) groups is 1. The molecule has 0 atom stereocenters. The second-order valence-corrected chi connectivity index (χ2v) is 4.56. The fourth-order valence-corrected chi connectivity index (χ4v) is 1.87. The predicted molar refractivity (Wildman–Crippen MR) is 84.8 cm³/mol. The maximum atomic E-state index is 14.0. The summed E-state index contributed by atoms with van der Waals surface area (Å²) in [5.41, 5.74) is -0.145. The van der Waals surface area contributed by atoms with Gasteiger partial charge in [-0.15, -0.1) is 0 Å². The number of nitrogens with one attached hydrogen (secondary N) is 1. The van der Waals surface area contributed by atoms with E-state index in [4.69, 9.17) is 19.5 Å². The summed E-state index contributed by atoms with van der Waals surface area (Å²) in [6, 6.07) is 10.7. The fourth-order valence-electron chi connectivity index (χ4n) is 1.87. The Labute approximate surface area is 138 Å². The zero-order chi connectivity index (χ0) is 17.5. The molecule has 0 spiro atoms. The van der Waals surface area contributed by atoms with Gasteiger partial charge in [-0.25, -0.2) is 9.18 Å². The molecule has 0 heterocycles. The molecule has 0 saturated carbocycles. The third-order valence-corrected chi connectivity index (χ3v) is 2.99. The summed E-state index contributed by atoms with van der Waals surface area (Å²) in [4.78, 5) is 11.4. The average Bonchev–Trinajstić information content (AvgIpc) is 2.58. The Morgan fingerprint density at radius 3 is 2.50 bits per heavy atom. The number of hydrogen-bond donors (Lipinski definition) is 1. The number of nitriles is 1. The molecule has 0 saturated heterocycles. The van der Waals surface area contributed by atoms with Crippen molar-refractivity contribution in [2.75, 3.05) is 19.0 Å². The van der Waals surface area contributed by atoms with Crippen LogP contribution >= 0.6 is 0 Å². The van der Waals surface area contributed by atoms with E-state index in [-0.39, 0.29) is 23.6 Å². The van der Waals surface area contributed by atoms with Crippen molar-refractivity contribution in [3.8, 4) is 23.3 Å². The van der Waals surface area contributed by atoms with E-state index >= 15 is 0 Å². The normalized spacial score (nSPS) is 9.75. The van der Waals surface area contributed by atoms with Crippen LogP contribution in [0.25, 0.3) is 0 Å². The number of hydrogen-bond acceptors (Lipinski definition) is 5. The van der Waals surface area contributed by atoms with E-state index in [1.165, 1.54) is 13.2 Å². The van der Waals surface area contributed by atoms with Crippen molar-refractivity contribution in [3.63, 3.8) is 0 Å². The van der Waals surface area contributed by atoms with Crippen LogP contribution in [0.15, 0.2) is 36.4 Å². The SMILES string of the molecule is CCOC(=O)Nc1cc(Oc2ccc(OC)cc2)c(C#N)cc1F. The summed E-state index contributed by atoms with van der Waals surface area (Å²) in [5.74, 6) is 0.421. The van der Waals surface area contributed by atoms with Gasteiger partial charge in [0.2, 0.25) is 0 Å². The van der Waals surface area contributed by atoms with E-state index in [2.05, 4.69) is 5.32 Å². The van der Waals surface area contributed by atoms with Gasteiger partial charge < -0.3 is 14.2 Å². The Bertz CT molecular complexity index is 769. The Kier molecular flexibility index (Phi) is 5.58. The number of benzene rings is 2. The molecule has 2 rings (SSSR count). The van der Waals surface area contributed by atoms with Crippen molar-refractivity contribution >= 4 is 11.8 Å². The van der Waals surface area contributed by atoms with Crippen LogP contribution in [0.2, 0.25) is 0 Å². The molecule has 0 radical (unpaired) electrons. The molecule has 2 aromatic rings. The molecule has 0 aliphatic carbocycles. The molecule has 6 nitrogen and oxygen atoms in total. The number of methoxy groups -OCH3 is 1. The number of ether oxygens (including phenoxy) is 3. The molecule has 0 aliphatic heterocycles. The van der Waals surface area contributed by atoms with Gasteiger partial charge >= 0.3 is 6.09 Å². The Morgan fingerprint density at radius 2 is 1.92 bits per heavy atom. The lowest BCUT2D eigenvalue weighted by Crippen LogP contribution is -2.14. The molecule has 24 heavy (non-hydrogen) atoms. The summed E-state index contributed by atoms with van der Waals surface area (Å²) in [5, 5.41) is 11.4. The molecule has 124 valence electrons. The van der Waals surface area contributed by atoms with E-state index < -0.39 is 11.9 Å². The molecule has 0 aromatic heterocycles. The summed E-state index contributed by atoms with van der Waals surface area (Å²) in [6.07, 6.45) is -0.795. The van der Waals surface area contributed by atoms with Crippen LogP contribution in [0.3, 0.4) is 0 Å². The van der Waals surface area contributed by atoms with Crippen LogP contribution in [0.4, 0.5) is 14.9 Å². The number of halogens is 1. The minimum absolute atomic E-state index is 0.00210. The van der Waals surface area contributed by atoms with Crippen LogP contribution in [0.1, 0.15) is 12.5 Å². The predicted octanol–water partition coefficient (Wildman–Crippen LogP) is 4.07. The van der Waals surface area contributed by atoms with Crippen LogP contribution < -0.4 is 14.8 Å². The summed E-state index contributed by atoms with van der Waals surface area (Å²) in [6.45, 7) is 1.78. The van der Waals surface area contributed by atoms with Crippen molar-refractivity contribution in [2.45, 2.75) is 6.92 Å². The number of anilines is 1. The summed E-state index contributed by atoms with van der Waals surface area (Å²) < 4.78 is 29.3. The zero-order valence-corrected chi connectivity index (χ0v) is 13.1. The number of amides is 1. The maximum absolute atomic E-state index is 14.0. The van der Waals surface area contributed by atoms with Gasteiger partial charge in [0.25, 0.3) is 0 Å². The van der Waals surface area contributed by atoms with Gasteiger partial charge in [0.05, 0.1) is 25.0 Å². The molecule has 0 unspecified atom stereocenters. The fraction of sp³-hybridized carbons (Fsp3) is 0.176. The first-order valence-corrected chi connectivity index (χ1v) is 7.06. The maximum Gasteiger partial charge on any atom is 0.411 e. The molecule has 1 N–H and O–H groups in total. The largest absolute Gasteiger partial charge is 0.497 e. The van der Waals surface area contributed by atoms with Crippen LogP contribution in [0.5, 0.6) is 17.2 Å². The number of rotatable bonds is 5. The van der Waals surface area contributed by atoms with E-state index in [1.807, 2.05) is 6.07 Å². The first kappa shape index (κ1) is 17.1. The number of carbonyl (C=O) groups excluding carboxylic acids is 1. The lowest BCUT2D eigenvalue weighted by molar-refractivity contribution is 0.168. The minimum Gasteiger partial charge on any atom is -0.497 e. The second-order valence-electron chi connectivity index (χ2n) is 4.56. The monoisotopic (exact) mass is 330 g/mol. The molecule has 0 aliphatic rings. The van der Waals surface area contributed by atoms with Crippen molar-refractivity contribution in [1.82, 2.24) is 0 Å². The lowest BCUT2D eigenvalue weighted by atomic mass is 10.2. The van der Waals surface area contributed by atoms with Crippen molar-refractivity contribution in [2.24, 2.45) is 0 Å². The van der Waals surface area contributed by atoms with E-state index in [1.54, 1.807) is 31.2 Å². The molecule has 2 aromatic carbocycles. The highest BCUT2D eigenvalue weighted by Crippen LogP contribution is 2.31. The first-order valence-electron chi connectivity index (χ1n) is 7.06. The molecule has 0 bridgehead atoms. The first-order chi connectivity index (χ1) is 11.6. The third-order valence-electron chi connectivity index (χ3n) is 2.99. The molecule has 7 heteroatoms. The molecule has 1 amide bonds. The highest BCUT2D eigenvalue weighted by Gasteiger charge is 2.14. The van der Waals surface area contributed by atoms with E-state index in [0.717, 1.165) is 6.07 Å². The summed E-state index contributed by atoms with van der Waals surface area (Å²) in [7, 11) is 1.54. The quantitative estimate of drug-likeness (QED) is 0.894. The highest BCUT2D eigenvalue weighted by atomic mass is 19.1. The third kappa shape index (κ3) is 4.14. The minimum atomic E-state index is -0.795. The van der Waals surface area contributed by atoms with Gasteiger partial charge in [0.1, 0.15) is 29.1 Å². The van der Waals surface area contributed by atoms with Crippen molar-refractivity contribution in [3.05, 3.63) is 47.8 Å². The van der Waals surface area contributed by atoms with Gasteiger partial charge in [-0.1, -0.05) is 0 Å². The zero-order valence-electron chi connectivity index (χ0n) is 13.1. The molecular weight excluding hydrogens is 315 g/mol. The average molecular weight is 330 g/mol. The van der Waals surface area contributed by atoms with Crippen molar-refractivity contribution in [1.29, 1.82) is 5.26 Å². The standard InChI is InChI=1S/C17H15FN2O4/c1-3-23-17(21)20-15-9-16(11(10-19)8-14(15)18)24-13-6-4-12(22-2)5-7-13/h4-9H,3H2,1-2H3,(H,20,21). The number of nitrogens with zero attached hydrogens (tertiary/aromatic N) is 1. The van der Waals surface area contributed by atoms with Gasteiger partial charge in [-0.2, -0.15) is 5.26 Å². The topological polar surface area (TPSA) is 80.6 Å². The van der Waals surface area contributed by atoms with Crippen molar-refractivity contribution < 1.29 is 23.4 Å². The van der Waals surface area contributed by atoms with Gasteiger partial charge in [-0.3, -0.25) is 5.32 Å². The smallest absolute Gasteiger partial charge is 0.411 e. The van der Waals surface area contributed by atoms with Gasteiger partial charge in [0, 0.05) is 6.07 Å². The Balaban J connectivity index is 2.29. The highest BCUT2D eigenvalue weighted by molar-refractivity contribution is 5.85. The lowest BCUT2D eigenvalue weighted by Gasteiger charge is -2.12. The van der Waals surface area contributed by atoms with Gasteiger partial charge in [0.15, 0.2) is 0 Å². The second kappa shape index (κ2) is 7.83. The molecular formula is C17H15FN2O4. The molecule has 0 fully saturated rings. The Hall–Kier alpha value is -3.27. The van der Waals surface area contributed by atoms with E-state index in [0.29, 0.717) is 11.5 Å². The summed E-state index contributed by atoms with van der Waals surface area (Å²) >= 11 is 0. The van der Waals surface area contributed by atoms with Crippen LogP contribution in [0, 0.1) is 17.1 Å². The van der Waals surface area contributed by atoms with Gasteiger partial charge in [-0.05, 0) is 37.3 Å². The Morgan fingerprint density at radius 1 is 1.25 bits per heavy atom.